The van der Waals surface area contributed by atoms with Gasteiger partial charge < -0.3 is 4.90 Å². The zero-order chi connectivity index (χ0) is 16.2. The Morgan fingerprint density at radius 2 is 2.09 bits per heavy atom. The highest BCUT2D eigenvalue weighted by atomic mass is 32.1. The van der Waals surface area contributed by atoms with Crippen LogP contribution in [0.4, 0.5) is 0 Å². The van der Waals surface area contributed by atoms with E-state index in [4.69, 9.17) is 12.2 Å². The van der Waals surface area contributed by atoms with Crippen molar-refractivity contribution in [2.75, 3.05) is 7.05 Å². The predicted molar refractivity (Wildman–Crippen MR) is 93.6 cm³/mol. The fourth-order valence-electron chi connectivity index (χ4n) is 2.26. The summed E-state index contributed by atoms with van der Waals surface area (Å²) in [7, 11) is 1.80. The number of hydrogen-bond acceptors (Lipinski definition) is 4. The van der Waals surface area contributed by atoms with Gasteiger partial charge in [-0.1, -0.05) is 36.4 Å². The Bertz CT molecular complexity index is 837. The van der Waals surface area contributed by atoms with Crippen LogP contribution in [0.2, 0.25) is 0 Å². The average molecular weight is 344 g/mol. The van der Waals surface area contributed by atoms with Crippen molar-refractivity contribution in [2.24, 2.45) is 0 Å². The highest BCUT2D eigenvalue weighted by molar-refractivity contribution is 7.71. The normalized spacial score (nSPS) is 10.7. The third-order valence-electron chi connectivity index (χ3n) is 3.48. The Kier molecular flexibility index (Phi) is 4.68. The van der Waals surface area contributed by atoms with Crippen molar-refractivity contribution in [3.8, 4) is 10.7 Å². The minimum atomic E-state index is -0.0100. The first-order chi connectivity index (χ1) is 11.1. The van der Waals surface area contributed by atoms with Gasteiger partial charge in [-0.25, -0.2) is 0 Å². The number of likely N-dealkylation sites (N-methyl/N-ethyl adjacent to an activating group) is 1. The molecule has 1 N–H and O–H groups in total. The summed E-state index contributed by atoms with van der Waals surface area (Å²) in [6.07, 6.45) is 0. The Morgan fingerprint density at radius 3 is 2.78 bits per heavy atom. The van der Waals surface area contributed by atoms with Crippen LogP contribution in [-0.2, 0) is 17.9 Å². The fourth-order valence-corrected chi connectivity index (χ4v) is 3.18. The molecule has 23 heavy (non-hydrogen) atoms. The summed E-state index contributed by atoms with van der Waals surface area (Å²) in [5.41, 5.74) is 1.10. The van der Waals surface area contributed by atoms with Crippen LogP contribution in [0.25, 0.3) is 10.7 Å². The van der Waals surface area contributed by atoms with E-state index in [9.17, 15) is 4.79 Å². The number of aromatic amines is 1. The molecule has 3 rings (SSSR count). The third-order valence-corrected chi connectivity index (χ3v) is 4.66. The van der Waals surface area contributed by atoms with Crippen molar-refractivity contribution < 1.29 is 4.79 Å². The van der Waals surface area contributed by atoms with Crippen LogP contribution in [0.15, 0.2) is 47.8 Å². The lowest BCUT2D eigenvalue weighted by atomic mass is 10.2. The summed E-state index contributed by atoms with van der Waals surface area (Å²) in [4.78, 5) is 15.2. The number of carbonyl (C=O) groups is 1. The summed E-state index contributed by atoms with van der Waals surface area (Å²) < 4.78 is 2.19. The van der Waals surface area contributed by atoms with Crippen LogP contribution in [0, 0.1) is 4.77 Å². The summed E-state index contributed by atoms with van der Waals surface area (Å²) in [5, 5.41) is 8.98. The monoisotopic (exact) mass is 344 g/mol. The highest BCUT2D eigenvalue weighted by Gasteiger charge is 2.15. The number of nitrogens with one attached hydrogen (secondary N) is 1. The summed E-state index contributed by atoms with van der Waals surface area (Å²) in [6, 6.07) is 13.8. The van der Waals surface area contributed by atoms with E-state index >= 15 is 0 Å². The van der Waals surface area contributed by atoms with Crippen LogP contribution < -0.4 is 0 Å². The van der Waals surface area contributed by atoms with Crippen molar-refractivity contribution in [3.63, 3.8) is 0 Å². The van der Waals surface area contributed by atoms with E-state index in [-0.39, 0.29) is 12.5 Å². The summed E-state index contributed by atoms with van der Waals surface area (Å²) >= 11 is 6.83. The van der Waals surface area contributed by atoms with Gasteiger partial charge in [0.2, 0.25) is 5.91 Å². The molecule has 2 heterocycles. The van der Waals surface area contributed by atoms with Gasteiger partial charge >= 0.3 is 0 Å². The molecule has 0 saturated heterocycles. The summed E-state index contributed by atoms with van der Waals surface area (Å²) in [6.45, 7) is 0.741. The number of aromatic nitrogens is 3. The van der Waals surface area contributed by atoms with E-state index in [0.29, 0.717) is 17.1 Å². The van der Waals surface area contributed by atoms with Crippen molar-refractivity contribution in [1.29, 1.82) is 0 Å². The Balaban J connectivity index is 1.76. The number of nitrogens with zero attached hydrogens (tertiary/aromatic N) is 3. The van der Waals surface area contributed by atoms with Crippen LogP contribution >= 0.6 is 23.6 Å². The first-order valence-corrected chi connectivity index (χ1v) is 8.41. The number of thiophene rings is 1. The predicted octanol–water partition coefficient (Wildman–Crippen LogP) is 3.33. The SMILES string of the molecule is CN(Cc1ccccc1)C(=O)Cn1c(-c2cccs2)n[nH]c1=S. The van der Waals surface area contributed by atoms with Crippen LogP contribution in [0.5, 0.6) is 0 Å². The second-order valence-electron chi connectivity index (χ2n) is 5.15. The van der Waals surface area contributed by atoms with Crippen LogP contribution in [0.3, 0.4) is 0 Å². The van der Waals surface area contributed by atoms with Gasteiger partial charge in [0.05, 0.1) is 4.88 Å². The third kappa shape index (κ3) is 3.57. The molecule has 0 aliphatic heterocycles. The smallest absolute Gasteiger partial charge is 0.242 e. The molecule has 118 valence electrons. The number of hydrogen-bond donors (Lipinski definition) is 1. The van der Waals surface area contributed by atoms with Crippen molar-refractivity contribution in [1.82, 2.24) is 19.7 Å². The maximum atomic E-state index is 12.5. The maximum Gasteiger partial charge on any atom is 0.242 e. The van der Waals surface area contributed by atoms with E-state index in [0.717, 1.165) is 10.4 Å². The fraction of sp³-hybridized carbons (Fsp3) is 0.188. The molecule has 2 aromatic heterocycles. The minimum Gasteiger partial charge on any atom is -0.340 e. The Morgan fingerprint density at radius 1 is 1.30 bits per heavy atom. The highest BCUT2D eigenvalue weighted by Crippen LogP contribution is 2.22. The van der Waals surface area contributed by atoms with Gasteiger partial charge in [0.1, 0.15) is 6.54 Å². The van der Waals surface area contributed by atoms with Crippen molar-refractivity contribution in [2.45, 2.75) is 13.1 Å². The lowest BCUT2D eigenvalue weighted by Crippen LogP contribution is -2.30. The van der Waals surface area contributed by atoms with E-state index in [1.54, 1.807) is 27.9 Å². The summed E-state index contributed by atoms with van der Waals surface area (Å²) in [5.74, 6) is 0.690. The molecule has 0 saturated carbocycles. The van der Waals surface area contributed by atoms with E-state index in [2.05, 4.69) is 10.2 Å². The zero-order valence-electron chi connectivity index (χ0n) is 12.6. The molecule has 1 aromatic carbocycles. The second kappa shape index (κ2) is 6.89. The molecule has 0 fully saturated rings. The molecule has 3 aromatic rings. The van der Waals surface area contributed by atoms with E-state index < -0.39 is 0 Å². The topological polar surface area (TPSA) is 53.9 Å². The molecule has 0 spiro atoms. The maximum absolute atomic E-state index is 12.5. The number of rotatable bonds is 5. The van der Waals surface area contributed by atoms with Gasteiger partial charge in [0, 0.05) is 13.6 Å². The second-order valence-corrected chi connectivity index (χ2v) is 6.49. The number of carbonyl (C=O) groups excluding carboxylic acids is 1. The van der Waals surface area contributed by atoms with E-state index in [1.807, 2.05) is 47.8 Å². The van der Waals surface area contributed by atoms with Gasteiger partial charge in [-0.2, -0.15) is 5.10 Å². The molecule has 7 heteroatoms. The zero-order valence-corrected chi connectivity index (χ0v) is 14.2. The molecular formula is C16H16N4OS2. The molecular weight excluding hydrogens is 328 g/mol. The Hall–Kier alpha value is -2.25. The standard InChI is InChI=1S/C16H16N4OS2/c1-19(10-12-6-3-2-4-7-12)14(21)11-20-15(17-18-16(20)22)13-8-5-9-23-13/h2-9H,10-11H2,1H3,(H,18,22). The quantitative estimate of drug-likeness (QED) is 0.722. The van der Waals surface area contributed by atoms with Gasteiger partial charge in [-0.15, -0.1) is 11.3 Å². The largest absolute Gasteiger partial charge is 0.340 e. The van der Waals surface area contributed by atoms with Crippen molar-refractivity contribution >= 4 is 29.5 Å². The lowest BCUT2D eigenvalue weighted by Gasteiger charge is -2.18. The molecule has 1 amide bonds. The first-order valence-electron chi connectivity index (χ1n) is 7.12. The number of benzene rings is 1. The van der Waals surface area contributed by atoms with Crippen LogP contribution in [0.1, 0.15) is 5.56 Å². The average Bonchev–Trinajstić information content (AvgIpc) is 3.19. The molecule has 0 unspecified atom stereocenters. The Labute approximate surface area is 143 Å². The van der Waals surface area contributed by atoms with Gasteiger partial charge in [0.15, 0.2) is 10.6 Å². The van der Waals surface area contributed by atoms with E-state index in [1.165, 1.54) is 0 Å². The first kappa shape index (κ1) is 15.6. The molecule has 5 nitrogen and oxygen atoms in total. The van der Waals surface area contributed by atoms with Gasteiger partial charge in [-0.3, -0.25) is 14.5 Å². The minimum absolute atomic E-state index is 0.0100. The molecule has 0 atom stereocenters. The van der Waals surface area contributed by atoms with Crippen molar-refractivity contribution in [3.05, 3.63) is 58.2 Å². The molecule has 0 bridgehead atoms. The number of H-pyrrole nitrogens is 1. The van der Waals surface area contributed by atoms with Crippen LogP contribution in [-0.4, -0.2) is 32.6 Å². The molecule has 0 aliphatic rings. The van der Waals surface area contributed by atoms with Gasteiger partial charge in [-0.05, 0) is 29.2 Å². The molecule has 0 aliphatic carbocycles. The number of amides is 1. The van der Waals surface area contributed by atoms with Gasteiger partial charge in [0.25, 0.3) is 0 Å². The lowest BCUT2D eigenvalue weighted by molar-refractivity contribution is -0.131. The molecule has 0 radical (unpaired) electrons.